The van der Waals surface area contributed by atoms with Crippen LogP contribution >= 0.6 is 0 Å². The van der Waals surface area contributed by atoms with Gasteiger partial charge in [-0.1, -0.05) is 12.1 Å². The normalized spacial score (nSPS) is 10.8. The van der Waals surface area contributed by atoms with Crippen LogP contribution in [-0.2, 0) is 0 Å². The number of rotatable bonds is 4. The first-order chi connectivity index (χ1) is 14.4. The lowest BCUT2D eigenvalue weighted by Gasteiger charge is -2.09. The van der Waals surface area contributed by atoms with E-state index in [0.717, 1.165) is 11.3 Å². The largest absolute Gasteiger partial charge is 0.305 e. The van der Waals surface area contributed by atoms with Crippen LogP contribution in [0.5, 0.6) is 0 Å². The third-order valence-electron chi connectivity index (χ3n) is 4.37. The van der Waals surface area contributed by atoms with Crippen molar-refractivity contribution in [1.29, 1.82) is 0 Å². The molecule has 8 heteroatoms. The predicted octanol–water partition coefficient (Wildman–Crippen LogP) is 4.04. The molecule has 0 unspecified atom stereocenters. The Morgan fingerprint density at radius 2 is 1.80 bits per heavy atom. The first kappa shape index (κ1) is 19.4. The maximum Gasteiger partial charge on any atom is 0.275 e. The lowest BCUT2D eigenvalue weighted by atomic mass is 10.2. The third-order valence-corrected chi connectivity index (χ3v) is 4.37. The number of nitrogens with zero attached hydrogens (tertiary/aromatic N) is 5. The lowest BCUT2D eigenvalue weighted by Crippen LogP contribution is -2.18. The Bertz CT molecular complexity index is 1230. The number of halogens is 1. The van der Waals surface area contributed by atoms with Crippen LogP contribution in [0.25, 0.3) is 17.2 Å². The van der Waals surface area contributed by atoms with Crippen molar-refractivity contribution in [2.75, 3.05) is 5.32 Å². The monoisotopic (exact) mass is 402 g/mol. The van der Waals surface area contributed by atoms with Crippen molar-refractivity contribution in [3.8, 4) is 17.2 Å². The molecule has 0 radical (unpaired) electrons. The summed E-state index contributed by atoms with van der Waals surface area (Å²) in [4.78, 5) is 26.0. The Labute approximate surface area is 172 Å². The van der Waals surface area contributed by atoms with Crippen LogP contribution in [0.4, 0.5) is 10.2 Å². The van der Waals surface area contributed by atoms with Crippen LogP contribution in [0, 0.1) is 26.6 Å². The molecule has 1 aromatic carbocycles. The molecule has 150 valence electrons. The van der Waals surface area contributed by atoms with E-state index < -0.39 is 11.7 Å². The van der Waals surface area contributed by atoms with E-state index in [2.05, 4.69) is 25.4 Å². The number of nitrogens with one attached hydrogen (secondary N) is 1. The van der Waals surface area contributed by atoms with Crippen molar-refractivity contribution >= 4 is 11.7 Å². The molecule has 3 heterocycles. The minimum atomic E-state index is -0.472. The molecule has 7 nitrogen and oxygen atoms in total. The summed E-state index contributed by atoms with van der Waals surface area (Å²) in [7, 11) is 0. The maximum atomic E-state index is 14.2. The number of benzene rings is 1. The fraction of sp³-hybridized carbons (Fsp3) is 0.136. The minimum Gasteiger partial charge on any atom is -0.305 e. The van der Waals surface area contributed by atoms with Gasteiger partial charge in [-0.2, -0.15) is 5.10 Å². The highest BCUT2D eigenvalue weighted by atomic mass is 19.1. The van der Waals surface area contributed by atoms with Crippen molar-refractivity contribution in [2.24, 2.45) is 0 Å². The number of pyridine rings is 1. The highest BCUT2D eigenvalue weighted by Gasteiger charge is 2.18. The minimum absolute atomic E-state index is 0.193. The van der Waals surface area contributed by atoms with Crippen LogP contribution in [0.2, 0.25) is 0 Å². The Morgan fingerprint density at radius 3 is 2.57 bits per heavy atom. The van der Waals surface area contributed by atoms with Crippen LogP contribution in [0.3, 0.4) is 0 Å². The van der Waals surface area contributed by atoms with Crippen LogP contribution in [0.15, 0.2) is 54.7 Å². The summed E-state index contributed by atoms with van der Waals surface area (Å²) >= 11 is 0. The van der Waals surface area contributed by atoms with Gasteiger partial charge in [-0.05, 0) is 62.7 Å². The van der Waals surface area contributed by atoms with E-state index in [0.29, 0.717) is 23.0 Å². The topological polar surface area (TPSA) is 85.6 Å². The van der Waals surface area contributed by atoms with Gasteiger partial charge in [0, 0.05) is 11.9 Å². The predicted molar refractivity (Wildman–Crippen MR) is 111 cm³/mol. The maximum absolute atomic E-state index is 14.2. The van der Waals surface area contributed by atoms with E-state index in [1.54, 1.807) is 43.5 Å². The molecule has 4 rings (SSSR count). The second-order valence-corrected chi connectivity index (χ2v) is 6.92. The van der Waals surface area contributed by atoms with Gasteiger partial charge in [0.1, 0.15) is 28.7 Å². The van der Waals surface area contributed by atoms with Gasteiger partial charge in [-0.15, -0.1) is 0 Å². The van der Waals surface area contributed by atoms with E-state index >= 15 is 0 Å². The first-order valence-electron chi connectivity index (χ1n) is 9.32. The van der Waals surface area contributed by atoms with Gasteiger partial charge in [-0.25, -0.2) is 24.0 Å². The summed E-state index contributed by atoms with van der Waals surface area (Å²) in [6.07, 6.45) is 1.55. The van der Waals surface area contributed by atoms with E-state index in [1.807, 2.05) is 26.0 Å². The van der Waals surface area contributed by atoms with Crippen molar-refractivity contribution in [3.63, 3.8) is 0 Å². The molecule has 0 saturated carbocycles. The van der Waals surface area contributed by atoms with E-state index in [1.165, 1.54) is 10.7 Å². The zero-order chi connectivity index (χ0) is 21.3. The first-order valence-corrected chi connectivity index (χ1v) is 9.32. The van der Waals surface area contributed by atoms with Gasteiger partial charge in [0.25, 0.3) is 5.91 Å². The van der Waals surface area contributed by atoms with Crippen molar-refractivity contribution in [1.82, 2.24) is 24.7 Å². The summed E-state index contributed by atoms with van der Waals surface area (Å²) in [5.74, 6) is -0.222. The van der Waals surface area contributed by atoms with Gasteiger partial charge in [-0.3, -0.25) is 4.79 Å². The van der Waals surface area contributed by atoms with Crippen molar-refractivity contribution in [3.05, 3.63) is 83.2 Å². The fourth-order valence-corrected chi connectivity index (χ4v) is 3.16. The molecule has 0 fully saturated rings. The molecule has 30 heavy (non-hydrogen) atoms. The molecule has 0 aliphatic carbocycles. The zero-order valence-corrected chi connectivity index (χ0v) is 16.7. The van der Waals surface area contributed by atoms with E-state index in [-0.39, 0.29) is 11.4 Å². The molecule has 1 amide bonds. The van der Waals surface area contributed by atoms with Gasteiger partial charge in [0.15, 0.2) is 5.82 Å². The van der Waals surface area contributed by atoms with E-state index in [9.17, 15) is 9.18 Å². The molecule has 0 aliphatic heterocycles. The molecule has 1 N–H and O–H groups in total. The fourth-order valence-electron chi connectivity index (χ4n) is 3.16. The smallest absolute Gasteiger partial charge is 0.275 e. The molecular formula is C22H19FN6O. The molecule has 0 bridgehead atoms. The molecule has 4 aromatic rings. The van der Waals surface area contributed by atoms with Crippen LogP contribution in [0.1, 0.15) is 27.4 Å². The molecule has 0 spiro atoms. The van der Waals surface area contributed by atoms with Gasteiger partial charge in [0.05, 0.1) is 5.69 Å². The third kappa shape index (κ3) is 3.93. The zero-order valence-electron chi connectivity index (χ0n) is 16.7. The van der Waals surface area contributed by atoms with Gasteiger partial charge < -0.3 is 5.32 Å². The molecule has 0 saturated heterocycles. The second kappa shape index (κ2) is 7.82. The van der Waals surface area contributed by atoms with E-state index in [4.69, 9.17) is 0 Å². The van der Waals surface area contributed by atoms with Crippen LogP contribution < -0.4 is 5.32 Å². The van der Waals surface area contributed by atoms with Crippen molar-refractivity contribution < 1.29 is 9.18 Å². The number of amides is 1. The SMILES string of the molecule is Cc1cc(C)nc(-c2nccc(NC(=O)c3cc(C)nn3-c3ccccc3F)n2)c1. The summed E-state index contributed by atoms with van der Waals surface area (Å²) < 4.78 is 15.5. The number of carbonyl (C=O) groups excluding carboxylic acids is 1. The van der Waals surface area contributed by atoms with Gasteiger partial charge in [0.2, 0.25) is 0 Å². The average Bonchev–Trinajstić information content (AvgIpc) is 3.09. The summed E-state index contributed by atoms with van der Waals surface area (Å²) in [6.45, 7) is 5.60. The standard InChI is InChI=1S/C22H19FN6O/c1-13-10-14(2)25-17(11-13)21-24-9-8-20(26-21)27-22(30)19-12-15(3)28-29(19)18-7-5-4-6-16(18)23/h4-12H,1-3H3,(H,24,26,27,30). The Morgan fingerprint density at radius 1 is 1.00 bits per heavy atom. The Hall–Kier alpha value is -3.94. The average molecular weight is 402 g/mol. The highest BCUT2D eigenvalue weighted by molar-refractivity contribution is 6.03. The number of aryl methyl sites for hydroxylation is 3. The Balaban J connectivity index is 1.65. The van der Waals surface area contributed by atoms with Crippen molar-refractivity contribution in [2.45, 2.75) is 20.8 Å². The highest BCUT2D eigenvalue weighted by Crippen LogP contribution is 2.19. The Kier molecular flexibility index (Phi) is 5.05. The number of para-hydroxylation sites is 1. The summed E-state index contributed by atoms with van der Waals surface area (Å²) in [5.41, 5.74) is 3.50. The quantitative estimate of drug-likeness (QED) is 0.557. The second-order valence-electron chi connectivity index (χ2n) is 6.92. The molecular weight excluding hydrogens is 383 g/mol. The molecule has 3 aromatic heterocycles. The molecule has 0 aliphatic rings. The lowest BCUT2D eigenvalue weighted by molar-refractivity contribution is 0.101. The summed E-state index contributed by atoms with van der Waals surface area (Å²) in [5, 5.41) is 7.00. The number of carbonyl (C=O) groups is 1. The number of aromatic nitrogens is 5. The number of hydrogen-bond acceptors (Lipinski definition) is 5. The molecule has 0 atom stereocenters. The number of anilines is 1. The van der Waals surface area contributed by atoms with Crippen LogP contribution in [-0.4, -0.2) is 30.6 Å². The summed E-state index contributed by atoms with van der Waals surface area (Å²) in [6, 6.07) is 13.2. The number of hydrogen-bond donors (Lipinski definition) is 1. The van der Waals surface area contributed by atoms with Gasteiger partial charge >= 0.3 is 0 Å².